The van der Waals surface area contributed by atoms with Gasteiger partial charge in [-0.15, -0.1) is 0 Å². The van der Waals surface area contributed by atoms with Gasteiger partial charge in [0.05, 0.1) is 29.7 Å². The lowest BCUT2D eigenvalue weighted by Crippen LogP contribution is -2.27. The number of nitro groups is 1. The Bertz CT molecular complexity index is 1160. The van der Waals surface area contributed by atoms with E-state index in [1.807, 2.05) is 12.1 Å². The van der Waals surface area contributed by atoms with E-state index < -0.39 is 16.8 Å². The van der Waals surface area contributed by atoms with E-state index in [-0.39, 0.29) is 30.3 Å². The number of aromatic nitrogens is 1. The second-order valence-electron chi connectivity index (χ2n) is 6.77. The lowest BCUT2D eigenvalue weighted by molar-refractivity contribution is -0.384. The van der Waals surface area contributed by atoms with E-state index in [4.69, 9.17) is 9.47 Å². The molecule has 1 aliphatic rings. The second-order valence-corrected chi connectivity index (χ2v) is 6.77. The fraction of sp³-hybridized carbons (Fsp3) is 0.190. The highest BCUT2D eigenvalue weighted by Gasteiger charge is 2.38. The number of pyridine rings is 1. The van der Waals surface area contributed by atoms with Crippen molar-refractivity contribution in [3.8, 4) is 11.5 Å². The summed E-state index contributed by atoms with van der Waals surface area (Å²) in [5.41, 5.74) is 0.781. The maximum absolute atomic E-state index is 12.7. The minimum Gasteiger partial charge on any atom is -0.494 e. The highest BCUT2D eigenvalue weighted by molar-refractivity contribution is 6.01. The number of para-hydroxylation sites is 1. The fourth-order valence-electron chi connectivity index (χ4n) is 3.45. The standard InChI is InChI=1S/C21H17N3O6/c1-29-18-11-15(24(27)28)7-8-16(18)23-12-14(10-19(23)25)21(26)30-17-6-2-4-13-5-3-9-22-20(13)17/h2-9,11,14H,10,12H2,1H3/t14-/m0/s1. The lowest BCUT2D eigenvalue weighted by atomic mass is 10.1. The van der Waals surface area contributed by atoms with Gasteiger partial charge in [-0.25, -0.2) is 0 Å². The van der Waals surface area contributed by atoms with E-state index in [1.54, 1.807) is 24.4 Å². The number of rotatable bonds is 5. The number of hydrogen-bond acceptors (Lipinski definition) is 7. The molecule has 9 nitrogen and oxygen atoms in total. The van der Waals surface area contributed by atoms with Gasteiger partial charge in [-0.05, 0) is 18.2 Å². The van der Waals surface area contributed by atoms with Crippen molar-refractivity contribution in [1.82, 2.24) is 4.98 Å². The van der Waals surface area contributed by atoms with Crippen LogP contribution in [0.3, 0.4) is 0 Å². The third-order valence-corrected chi connectivity index (χ3v) is 4.93. The zero-order valence-electron chi connectivity index (χ0n) is 16.0. The van der Waals surface area contributed by atoms with Crippen molar-refractivity contribution in [1.29, 1.82) is 0 Å². The minimum absolute atomic E-state index is 0.0306. The normalized spacial score (nSPS) is 16.0. The second kappa shape index (κ2) is 7.78. The van der Waals surface area contributed by atoms with Gasteiger partial charge < -0.3 is 14.4 Å². The van der Waals surface area contributed by atoms with Crippen LogP contribution in [-0.2, 0) is 9.59 Å². The predicted molar refractivity (Wildman–Crippen MR) is 107 cm³/mol. The van der Waals surface area contributed by atoms with Gasteiger partial charge in [0.1, 0.15) is 11.3 Å². The summed E-state index contributed by atoms with van der Waals surface area (Å²) in [6.45, 7) is 0.0873. The summed E-state index contributed by atoms with van der Waals surface area (Å²) in [6, 6.07) is 12.9. The number of carbonyl (C=O) groups excluding carboxylic acids is 2. The van der Waals surface area contributed by atoms with Gasteiger partial charge in [0.25, 0.3) is 5.69 Å². The zero-order valence-corrected chi connectivity index (χ0v) is 16.0. The Kier molecular flexibility index (Phi) is 5.01. The first kappa shape index (κ1) is 19.3. The maximum Gasteiger partial charge on any atom is 0.316 e. The van der Waals surface area contributed by atoms with E-state index in [0.29, 0.717) is 17.0 Å². The lowest BCUT2D eigenvalue weighted by Gasteiger charge is -2.19. The van der Waals surface area contributed by atoms with E-state index in [0.717, 1.165) is 5.39 Å². The monoisotopic (exact) mass is 407 g/mol. The number of esters is 1. The quantitative estimate of drug-likeness (QED) is 0.276. The van der Waals surface area contributed by atoms with E-state index in [1.165, 1.54) is 30.2 Å². The summed E-state index contributed by atoms with van der Waals surface area (Å²) in [5, 5.41) is 11.8. The van der Waals surface area contributed by atoms with Crippen LogP contribution in [-0.4, -0.2) is 35.4 Å². The largest absolute Gasteiger partial charge is 0.494 e. The molecule has 1 fully saturated rings. The molecule has 152 valence electrons. The van der Waals surface area contributed by atoms with Crippen LogP contribution in [0, 0.1) is 16.0 Å². The summed E-state index contributed by atoms with van der Waals surface area (Å²) >= 11 is 0. The molecule has 2 heterocycles. The minimum atomic E-state index is -0.684. The van der Waals surface area contributed by atoms with Crippen LogP contribution in [0.2, 0.25) is 0 Å². The van der Waals surface area contributed by atoms with Crippen molar-refractivity contribution in [2.24, 2.45) is 5.92 Å². The molecule has 1 aromatic heterocycles. The number of hydrogen-bond donors (Lipinski definition) is 0. The number of nitrogens with zero attached hydrogens (tertiary/aromatic N) is 3. The van der Waals surface area contributed by atoms with Crippen LogP contribution < -0.4 is 14.4 Å². The van der Waals surface area contributed by atoms with Crippen LogP contribution in [0.15, 0.2) is 54.7 Å². The van der Waals surface area contributed by atoms with E-state index in [9.17, 15) is 19.7 Å². The van der Waals surface area contributed by atoms with Crippen LogP contribution >= 0.6 is 0 Å². The molecule has 1 atom stereocenters. The Morgan fingerprint density at radius 2 is 2.00 bits per heavy atom. The SMILES string of the molecule is COc1cc([N+](=O)[O-])ccc1N1C[C@@H](C(=O)Oc2cccc3cccnc23)CC1=O. The molecule has 1 aliphatic heterocycles. The molecular formula is C21H17N3O6. The number of ether oxygens (including phenoxy) is 2. The van der Waals surface area contributed by atoms with Gasteiger partial charge in [-0.1, -0.05) is 18.2 Å². The molecule has 30 heavy (non-hydrogen) atoms. The van der Waals surface area contributed by atoms with Gasteiger partial charge in [0.15, 0.2) is 5.75 Å². The van der Waals surface area contributed by atoms with Gasteiger partial charge in [-0.2, -0.15) is 0 Å². The molecule has 1 amide bonds. The average Bonchev–Trinajstić information content (AvgIpc) is 3.15. The molecule has 0 radical (unpaired) electrons. The summed E-state index contributed by atoms with van der Waals surface area (Å²) < 4.78 is 10.8. The molecule has 3 aromatic rings. The number of amides is 1. The van der Waals surface area contributed by atoms with Gasteiger partial charge >= 0.3 is 5.97 Å². The van der Waals surface area contributed by atoms with Crippen LogP contribution in [0.25, 0.3) is 10.9 Å². The number of methoxy groups -OCH3 is 1. The Labute approximate surface area is 171 Å². The number of non-ortho nitro benzene ring substituents is 1. The summed E-state index contributed by atoms with van der Waals surface area (Å²) in [5.74, 6) is -0.997. The molecule has 0 aliphatic carbocycles. The van der Waals surface area contributed by atoms with Crippen molar-refractivity contribution >= 4 is 34.2 Å². The summed E-state index contributed by atoms with van der Waals surface area (Å²) in [4.78, 5) is 41.4. The van der Waals surface area contributed by atoms with E-state index in [2.05, 4.69) is 4.98 Å². The van der Waals surface area contributed by atoms with Crippen molar-refractivity contribution < 1.29 is 24.0 Å². The Morgan fingerprint density at radius 3 is 2.77 bits per heavy atom. The van der Waals surface area contributed by atoms with Gasteiger partial charge in [-0.3, -0.25) is 24.7 Å². The van der Waals surface area contributed by atoms with Crippen molar-refractivity contribution in [2.75, 3.05) is 18.6 Å². The van der Waals surface area contributed by atoms with E-state index >= 15 is 0 Å². The zero-order chi connectivity index (χ0) is 21.3. The van der Waals surface area contributed by atoms with Gasteiger partial charge in [0, 0.05) is 30.6 Å². The van der Waals surface area contributed by atoms with Crippen molar-refractivity contribution in [3.05, 3.63) is 64.8 Å². The molecule has 4 rings (SSSR count). The van der Waals surface area contributed by atoms with Crippen LogP contribution in [0.1, 0.15) is 6.42 Å². The van der Waals surface area contributed by atoms with Crippen molar-refractivity contribution in [2.45, 2.75) is 6.42 Å². The van der Waals surface area contributed by atoms with Crippen LogP contribution in [0.4, 0.5) is 11.4 Å². The molecule has 0 unspecified atom stereocenters. The maximum atomic E-state index is 12.7. The first-order chi connectivity index (χ1) is 14.5. The Balaban J connectivity index is 1.55. The number of anilines is 1. The third-order valence-electron chi connectivity index (χ3n) is 4.93. The summed E-state index contributed by atoms with van der Waals surface area (Å²) in [6.07, 6.45) is 1.58. The Hall–Kier alpha value is -4.01. The number of fused-ring (bicyclic) bond motifs is 1. The molecular weight excluding hydrogens is 390 g/mol. The smallest absolute Gasteiger partial charge is 0.316 e. The number of carbonyl (C=O) groups is 2. The molecule has 0 N–H and O–H groups in total. The highest BCUT2D eigenvalue weighted by Crippen LogP contribution is 2.36. The average molecular weight is 407 g/mol. The Morgan fingerprint density at radius 1 is 1.20 bits per heavy atom. The van der Waals surface area contributed by atoms with Crippen LogP contribution in [0.5, 0.6) is 11.5 Å². The molecule has 0 saturated carbocycles. The fourth-order valence-corrected chi connectivity index (χ4v) is 3.45. The topological polar surface area (TPSA) is 112 Å². The summed E-state index contributed by atoms with van der Waals surface area (Å²) in [7, 11) is 1.36. The first-order valence-electron chi connectivity index (χ1n) is 9.16. The van der Waals surface area contributed by atoms with Gasteiger partial charge in [0.2, 0.25) is 5.91 Å². The first-order valence-corrected chi connectivity index (χ1v) is 9.16. The molecule has 2 aromatic carbocycles. The third kappa shape index (κ3) is 3.52. The predicted octanol–water partition coefficient (Wildman–Crippen LogP) is 3.11. The molecule has 0 spiro atoms. The van der Waals surface area contributed by atoms with Crippen molar-refractivity contribution in [3.63, 3.8) is 0 Å². The molecule has 1 saturated heterocycles. The highest BCUT2D eigenvalue weighted by atomic mass is 16.6. The molecule has 0 bridgehead atoms. The number of benzene rings is 2. The molecule has 9 heteroatoms. The number of nitro benzene ring substituents is 1.